The molecule has 8 heteroatoms. The van der Waals surface area contributed by atoms with Gasteiger partial charge in [-0.25, -0.2) is 9.59 Å². The second-order valence-corrected chi connectivity index (χ2v) is 6.04. The summed E-state index contributed by atoms with van der Waals surface area (Å²) in [4.78, 5) is 35.7. The van der Waals surface area contributed by atoms with Crippen LogP contribution < -0.4 is 10.1 Å². The maximum Gasteiger partial charge on any atom is 0.413 e. The molecule has 0 aliphatic rings. The van der Waals surface area contributed by atoms with Crippen molar-refractivity contribution in [2.75, 3.05) is 7.11 Å². The molecule has 0 unspecified atom stereocenters. The SMILES string of the molecule is COC(=O)NC(=O)[C@@H](C)OC(=O)c1oc2ccccc2c1COc1ccccc1. The fraction of sp³-hybridized carbons (Fsp3) is 0.190. The normalized spacial score (nSPS) is 11.5. The number of hydrogen-bond acceptors (Lipinski definition) is 7. The molecule has 0 spiro atoms. The van der Waals surface area contributed by atoms with Crippen molar-refractivity contribution >= 4 is 28.9 Å². The average molecular weight is 397 g/mol. The highest BCUT2D eigenvalue weighted by atomic mass is 16.6. The summed E-state index contributed by atoms with van der Waals surface area (Å²) in [5.74, 6) is -1.11. The Morgan fingerprint density at radius 2 is 1.72 bits per heavy atom. The molecule has 0 fully saturated rings. The molecule has 1 atom stereocenters. The van der Waals surface area contributed by atoms with E-state index in [-0.39, 0.29) is 12.4 Å². The summed E-state index contributed by atoms with van der Waals surface area (Å²) in [6.07, 6.45) is -2.18. The second kappa shape index (κ2) is 8.92. The summed E-state index contributed by atoms with van der Waals surface area (Å²) in [5, 5.41) is 2.64. The molecule has 0 aliphatic carbocycles. The third-order valence-electron chi connectivity index (χ3n) is 4.07. The van der Waals surface area contributed by atoms with Gasteiger partial charge < -0.3 is 18.6 Å². The molecule has 150 valence electrons. The van der Waals surface area contributed by atoms with E-state index in [9.17, 15) is 14.4 Å². The number of rotatable bonds is 6. The maximum atomic E-state index is 12.6. The third-order valence-corrected chi connectivity index (χ3v) is 4.07. The summed E-state index contributed by atoms with van der Waals surface area (Å²) in [7, 11) is 1.12. The van der Waals surface area contributed by atoms with E-state index in [1.165, 1.54) is 6.92 Å². The zero-order valence-electron chi connectivity index (χ0n) is 15.8. The van der Waals surface area contributed by atoms with Gasteiger partial charge in [0.1, 0.15) is 17.9 Å². The standard InChI is InChI=1S/C21H19NO7/c1-13(19(23)22-21(25)26-2)28-20(24)18-16(12-27-14-8-4-3-5-9-14)15-10-6-7-11-17(15)29-18/h3-11,13H,12H2,1-2H3,(H,22,23,25)/t13-/m1/s1. The molecule has 0 radical (unpaired) electrons. The monoisotopic (exact) mass is 397 g/mol. The molecule has 2 aromatic carbocycles. The molecule has 1 N–H and O–H groups in total. The Morgan fingerprint density at radius 3 is 2.45 bits per heavy atom. The molecule has 3 aromatic rings. The predicted octanol–water partition coefficient (Wildman–Crippen LogP) is 3.44. The molecule has 1 heterocycles. The zero-order valence-corrected chi connectivity index (χ0v) is 15.8. The van der Waals surface area contributed by atoms with E-state index in [0.29, 0.717) is 22.3 Å². The van der Waals surface area contributed by atoms with Gasteiger partial charge >= 0.3 is 12.1 Å². The minimum atomic E-state index is -1.24. The number of methoxy groups -OCH3 is 1. The lowest BCUT2D eigenvalue weighted by atomic mass is 10.1. The van der Waals surface area contributed by atoms with E-state index < -0.39 is 24.1 Å². The molecule has 0 bridgehead atoms. The first kappa shape index (κ1) is 19.9. The Balaban J connectivity index is 1.81. The van der Waals surface area contributed by atoms with Crippen molar-refractivity contribution in [3.05, 3.63) is 65.9 Å². The number of carbonyl (C=O) groups excluding carboxylic acids is 3. The number of nitrogens with one attached hydrogen (secondary N) is 1. The van der Waals surface area contributed by atoms with E-state index in [2.05, 4.69) is 4.74 Å². The van der Waals surface area contributed by atoms with Crippen LogP contribution in [0.2, 0.25) is 0 Å². The van der Waals surface area contributed by atoms with Crippen LogP contribution in [0.3, 0.4) is 0 Å². The molecule has 8 nitrogen and oxygen atoms in total. The molecular formula is C21H19NO7. The van der Waals surface area contributed by atoms with Crippen LogP contribution in [0.4, 0.5) is 4.79 Å². The van der Waals surface area contributed by atoms with Gasteiger partial charge in [-0.05, 0) is 25.1 Å². The topological polar surface area (TPSA) is 104 Å². The van der Waals surface area contributed by atoms with Crippen molar-refractivity contribution in [1.82, 2.24) is 5.32 Å². The molecule has 0 aliphatic heterocycles. The number of hydrogen-bond donors (Lipinski definition) is 1. The summed E-state index contributed by atoms with van der Waals surface area (Å²) < 4.78 is 20.9. The number of carbonyl (C=O) groups is 3. The Bertz CT molecular complexity index is 1030. The van der Waals surface area contributed by atoms with Crippen LogP contribution in [-0.2, 0) is 20.9 Å². The maximum absolute atomic E-state index is 12.6. The van der Waals surface area contributed by atoms with Gasteiger partial charge in [-0.1, -0.05) is 36.4 Å². The van der Waals surface area contributed by atoms with Crippen LogP contribution in [0.5, 0.6) is 5.75 Å². The molecule has 3 rings (SSSR count). The van der Waals surface area contributed by atoms with Crippen molar-refractivity contribution in [2.24, 2.45) is 0 Å². The Morgan fingerprint density at radius 1 is 1.03 bits per heavy atom. The minimum Gasteiger partial charge on any atom is -0.489 e. The fourth-order valence-corrected chi connectivity index (χ4v) is 2.60. The Labute approximate surface area is 166 Å². The van der Waals surface area contributed by atoms with Crippen molar-refractivity contribution in [1.29, 1.82) is 0 Å². The van der Waals surface area contributed by atoms with Gasteiger partial charge in [0.25, 0.3) is 5.91 Å². The van der Waals surface area contributed by atoms with E-state index in [4.69, 9.17) is 13.9 Å². The van der Waals surface area contributed by atoms with Crippen LogP contribution in [0.15, 0.2) is 59.0 Å². The summed E-state index contributed by atoms with van der Waals surface area (Å²) in [5.41, 5.74) is 0.979. The molecular weight excluding hydrogens is 378 g/mol. The summed E-state index contributed by atoms with van der Waals surface area (Å²) in [6.45, 7) is 1.40. The number of imide groups is 1. The van der Waals surface area contributed by atoms with Gasteiger partial charge in [-0.15, -0.1) is 0 Å². The molecule has 1 aromatic heterocycles. The van der Waals surface area contributed by atoms with Crippen molar-refractivity contribution < 1.29 is 33.0 Å². The van der Waals surface area contributed by atoms with Crippen LogP contribution in [0.1, 0.15) is 23.0 Å². The van der Waals surface area contributed by atoms with Gasteiger partial charge in [0.05, 0.1) is 12.7 Å². The van der Waals surface area contributed by atoms with Crippen molar-refractivity contribution in [3.8, 4) is 5.75 Å². The molecule has 0 saturated heterocycles. The van der Waals surface area contributed by atoms with Crippen molar-refractivity contribution in [3.63, 3.8) is 0 Å². The van der Waals surface area contributed by atoms with Crippen LogP contribution >= 0.6 is 0 Å². The number of benzene rings is 2. The lowest BCUT2D eigenvalue weighted by molar-refractivity contribution is -0.128. The highest BCUT2D eigenvalue weighted by Gasteiger charge is 2.27. The van der Waals surface area contributed by atoms with Crippen LogP contribution in [0.25, 0.3) is 11.0 Å². The first-order chi connectivity index (χ1) is 14.0. The second-order valence-electron chi connectivity index (χ2n) is 6.04. The largest absolute Gasteiger partial charge is 0.489 e. The van der Waals surface area contributed by atoms with E-state index in [1.54, 1.807) is 30.3 Å². The Hall–Kier alpha value is -3.81. The fourth-order valence-electron chi connectivity index (χ4n) is 2.60. The van der Waals surface area contributed by atoms with Gasteiger partial charge in [-0.3, -0.25) is 10.1 Å². The average Bonchev–Trinajstić information content (AvgIpc) is 3.11. The first-order valence-corrected chi connectivity index (χ1v) is 8.77. The number of fused-ring (bicyclic) bond motifs is 1. The Kier molecular flexibility index (Phi) is 6.13. The first-order valence-electron chi connectivity index (χ1n) is 8.77. The molecule has 2 amide bonds. The lowest BCUT2D eigenvalue weighted by Crippen LogP contribution is -2.39. The number of furan rings is 1. The zero-order chi connectivity index (χ0) is 20.8. The number of para-hydroxylation sites is 2. The van der Waals surface area contributed by atoms with E-state index in [0.717, 1.165) is 7.11 Å². The summed E-state index contributed by atoms with van der Waals surface area (Å²) >= 11 is 0. The van der Waals surface area contributed by atoms with Gasteiger partial charge in [0.2, 0.25) is 5.76 Å². The molecule has 0 saturated carbocycles. The number of amides is 2. The summed E-state index contributed by atoms with van der Waals surface area (Å²) in [6, 6.07) is 16.2. The molecule has 29 heavy (non-hydrogen) atoms. The van der Waals surface area contributed by atoms with E-state index >= 15 is 0 Å². The third kappa shape index (κ3) is 4.73. The van der Waals surface area contributed by atoms with Gasteiger partial charge in [-0.2, -0.15) is 0 Å². The number of ether oxygens (including phenoxy) is 3. The van der Waals surface area contributed by atoms with Crippen molar-refractivity contribution in [2.45, 2.75) is 19.6 Å². The predicted molar refractivity (Wildman–Crippen MR) is 102 cm³/mol. The van der Waals surface area contributed by atoms with E-state index in [1.807, 2.05) is 29.6 Å². The van der Waals surface area contributed by atoms with Crippen LogP contribution in [0, 0.1) is 0 Å². The number of alkyl carbamates (subject to hydrolysis) is 1. The lowest BCUT2D eigenvalue weighted by Gasteiger charge is -2.12. The highest BCUT2D eigenvalue weighted by Crippen LogP contribution is 2.28. The van der Waals surface area contributed by atoms with Gasteiger partial charge in [0, 0.05) is 5.39 Å². The van der Waals surface area contributed by atoms with Gasteiger partial charge in [0.15, 0.2) is 6.10 Å². The smallest absolute Gasteiger partial charge is 0.413 e. The quantitative estimate of drug-likeness (QED) is 0.635. The van der Waals surface area contributed by atoms with Crippen LogP contribution in [-0.4, -0.2) is 31.2 Å². The minimum absolute atomic E-state index is 0.0637. The highest BCUT2D eigenvalue weighted by molar-refractivity contribution is 5.99. The number of esters is 1.